The van der Waals surface area contributed by atoms with E-state index in [2.05, 4.69) is 4.98 Å². The van der Waals surface area contributed by atoms with Crippen molar-refractivity contribution in [1.82, 2.24) is 9.55 Å². The average molecular weight is 359 g/mol. The topological polar surface area (TPSA) is 78.0 Å². The Hall–Kier alpha value is -2.12. The van der Waals surface area contributed by atoms with Crippen molar-refractivity contribution in [1.29, 1.82) is 0 Å². The van der Waals surface area contributed by atoms with E-state index in [-0.39, 0.29) is 5.56 Å². The molecule has 0 bridgehead atoms. The zero-order chi connectivity index (χ0) is 17.3. The second-order valence-corrected chi connectivity index (χ2v) is 7.47. The fraction of sp³-hybridized carbons (Fsp3) is 0.235. The molecule has 0 unspecified atom stereocenters. The van der Waals surface area contributed by atoms with Crippen LogP contribution in [0.5, 0.6) is 0 Å². The van der Waals surface area contributed by atoms with Crippen LogP contribution in [0.15, 0.2) is 45.7 Å². The number of thiophene rings is 1. The van der Waals surface area contributed by atoms with Gasteiger partial charge in [0, 0.05) is 17.5 Å². The Morgan fingerprint density at radius 3 is 2.71 bits per heavy atom. The van der Waals surface area contributed by atoms with Crippen LogP contribution in [0, 0.1) is 0 Å². The SMILES string of the molecule is CCn1c(S[C@H](C)C(N)=O)nc2scc(-c3ccccc3)c2c1=O. The van der Waals surface area contributed by atoms with E-state index in [9.17, 15) is 9.59 Å². The number of amides is 1. The lowest BCUT2D eigenvalue weighted by molar-refractivity contribution is -0.117. The Labute approximate surface area is 147 Å². The number of benzene rings is 1. The number of primary amides is 1. The summed E-state index contributed by atoms with van der Waals surface area (Å²) in [6.45, 7) is 4.09. The lowest BCUT2D eigenvalue weighted by Crippen LogP contribution is -2.26. The lowest BCUT2D eigenvalue weighted by atomic mass is 10.1. The van der Waals surface area contributed by atoms with Crippen LogP contribution in [-0.2, 0) is 11.3 Å². The number of carbonyl (C=O) groups excluding carboxylic acids is 1. The summed E-state index contributed by atoms with van der Waals surface area (Å²) in [5.74, 6) is -0.423. The fourth-order valence-electron chi connectivity index (χ4n) is 2.42. The van der Waals surface area contributed by atoms with E-state index in [1.807, 2.05) is 42.6 Å². The number of carbonyl (C=O) groups is 1. The molecule has 0 saturated heterocycles. The Morgan fingerprint density at radius 1 is 1.38 bits per heavy atom. The molecule has 3 rings (SSSR count). The van der Waals surface area contributed by atoms with E-state index in [4.69, 9.17) is 5.73 Å². The van der Waals surface area contributed by atoms with Gasteiger partial charge in [-0.2, -0.15) is 0 Å². The molecule has 7 heteroatoms. The summed E-state index contributed by atoms with van der Waals surface area (Å²) >= 11 is 2.66. The number of hydrogen-bond acceptors (Lipinski definition) is 5. The molecule has 0 spiro atoms. The van der Waals surface area contributed by atoms with Gasteiger partial charge in [0.05, 0.1) is 10.6 Å². The average Bonchev–Trinajstić information content (AvgIpc) is 3.00. The van der Waals surface area contributed by atoms with Crippen LogP contribution < -0.4 is 11.3 Å². The number of nitrogens with zero attached hydrogens (tertiary/aromatic N) is 2. The molecular formula is C17H17N3O2S2. The number of hydrogen-bond donors (Lipinski definition) is 1. The third kappa shape index (κ3) is 2.97. The van der Waals surface area contributed by atoms with E-state index in [0.29, 0.717) is 21.9 Å². The van der Waals surface area contributed by atoms with Crippen molar-refractivity contribution in [2.24, 2.45) is 5.73 Å². The van der Waals surface area contributed by atoms with Gasteiger partial charge in [0.25, 0.3) is 5.56 Å². The van der Waals surface area contributed by atoms with Gasteiger partial charge in [-0.1, -0.05) is 42.1 Å². The highest BCUT2D eigenvalue weighted by Gasteiger charge is 2.19. The van der Waals surface area contributed by atoms with Crippen molar-refractivity contribution in [3.05, 3.63) is 46.1 Å². The molecular weight excluding hydrogens is 342 g/mol. The molecule has 2 N–H and O–H groups in total. The second-order valence-electron chi connectivity index (χ2n) is 5.30. The normalized spacial score (nSPS) is 12.4. The number of aromatic nitrogens is 2. The predicted octanol–water partition coefficient (Wildman–Crippen LogP) is 3.11. The molecule has 3 aromatic rings. The van der Waals surface area contributed by atoms with Crippen LogP contribution >= 0.6 is 23.1 Å². The van der Waals surface area contributed by atoms with Gasteiger partial charge in [-0.3, -0.25) is 14.2 Å². The minimum atomic E-state index is -0.444. The number of fused-ring (bicyclic) bond motifs is 1. The molecule has 2 aromatic heterocycles. The van der Waals surface area contributed by atoms with Crippen molar-refractivity contribution in [2.75, 3.05) is 0 Å². The molecule has 5 nitrogen and oxygen atoms in total. The van der Waals surface area contributed by atoms with Crippen LogP contribution in [0.2, 0.25) is 0 Å². The van der Waals surface area contributed by atoms with Gasteiger partial charge >= 0.3 is 0 Å². The highest BCUT2D eigenvalue weighted by Crippen LogP contribution is 2.32. The smallest absolute Gasteiger partial charge is 0.263 e. The summed E-state index contributed by atoms with van der Waals surface area (Å²) in [7, 11) is 0. The summed E-state index contributed by atoms with van der Waals surface area (Å²) in [4.78, 5) is 29.6. The van der Waals surface area contributed by atoms with Crippen molar-refractivity contribution in [2.45, 2.75) is 30.8 Å². The summed E-state index contributed by atoms with van der Waals surface area (Å²) in [6.07, 6.45) is 0. The predicted molar refractivity (Wildman–Crippen MR) is 99.5 cm³/mol. The van der Waals surface area contributed by atoms with E-state index in [1.165, 1.54) is 23.1 Å². The van der Waals surface area contributed by atoms with Gasteiger partial charge in [-0.05, 0) is 19.4 Å². The van der Waals surface area contributed by atoms with Crippen molar-refractivity contribution < 1.29 is 4.79 Å². The molecule has 0 aliphatic rings. The van der Waals surface area contributed by atoms with Gasteiger partial charge in [-0.25, -0.2) is 4.98 Å². The van der Waals surface area contributed by atoms with Crippen LogP contribution in [0.1, 0.15) is 13.8 Å². The molecule has 0 aliphatic carbocycles. The fourth-order valence-corrected chi connectivity index (χ4v) is 4.33. The summed E-state index contributed by atoms with van der Waals surface area (Å²) < 4.78 is 1.60. The lowest BCUT2D eigenvalue weighted by Gasteiger charge is -2.12. The number of thioether (sulfide) groups is 1. The van der Waals surface area contributed by atoms with Gasteiger partial charge in [-0.15, -0.1) is 11.3 Å². The number of nitrogens with two attached hydrogens (primary N) is 1. The molecule has 2 heterocycles. The summed E-state index contributed by atoms with van der Waals surface area (Å²) in [5.41, 5.74) is 7.15. The second kappa shape index (κ2) is 6.78. The van der Waals surface area contributed by atoms with Crippen LogP contribution in [0.4, 0.5) is 0 Å². The molecule has 0 fully saturated rings. The van der Waals surface area contributed by atoms with Crippen LogP contribution in [0.25, 0.3) is 21.3 Å². The largest absolute Gasteiger partial charge is 0.369 e. The molecule has 1 atom stereocenters. The van der Waals surface area contributed by atoms with Crippen LogP contribution in [0.3, 0.4) is 0 Å². The maximum absolute atomic E-state index is 13.0. The Kier molecular flexibility index (Phi) is 4.73. The first-order valence-electron chi connectivity index (χ1n) is 7.56. The Morgan fingerprint density at radius 2 is 2.08 bits per heavy atom. The maximum atomic E-state index is 13.0. The van der Waals surface area contributed by atoms with Crippen molar-refractivity contribution >= 4 is 39.2 Å². The highest BCUT2D eigenvalue weighted by molar-refractivity contribution is 8.00. The minimum absolute atomic E-state index is 0.0817. The van der Waals surface area contributed by atoms with Gasteiger partial charge in [0.1, 0.15) is 4.83 Å². The number of rotatable bonds is 5. The molecule has 24 heavy (non-hydrogen) atoms. The first-order valence-corrected chi connectivity index (χ1v) is 9.32. The Bertz CT molecular complexity index is 948. The van der Waals surface area contributed by atoms with E-state index in [0.717, 1.165) is 11.1 Å². The van der Waals surface area contributed by atoms with E-state index < -0.39 is 11.2 Å². The van der Waals surface area contributed by atoms with Crippen molar-refractivity contribution in [3.63, 3.8) is 0 Å². The molecule has 0 aliphatic heterocycles. The van der Waals surface area contributed by atoms with E-state index >= 15 is 0 Å². The quantitative estimate of drug-likeness (QED) is 0.561. The highest BCUT2D eigenvalue weighted by atomic mass is 32.2. The first-order chi connectivity index (χ1) is 11.5. The van der Waals surface area contributed by atoms with Crippen molar-refractivity contribution in [3.8, 4) is 11.1 Å². The molecule has 1 amide bonds. The molecule has 0 radical (unpaired) electrons. The monoisotopic (exact) mass is 359 g/mol. The van der Waals surface area contributed by atoms with Gasteiger partial charge in [0.2, 0.25) is 5.91 Å². The first kappa shape index (κ1) is 16.7. The maximum Gasteiger partial charge on any atom is 0.263 e. The molecule has 0 saturated carbocycles. The summed E-state index contributed by atoms with van der Waals surface area (Å²) in [6, 6.07) is 9.80. The van der Waals surface area contributed by atoms with Gasteiger partial charge < -0.3 is 5.73 Å². The van der Waals surface area contributed by atoms with Crippen LogP contribution in [-0.4, -0.2) is 20.7 Å². The zero-order valence-electron chi connectivity index (χ0n) is 13.4. The zero-order valence-corrected chi connectivity index (χ0v) is 15.0. The molecule has 124 valence electrons. The third-order valence-corrected chi connectivity index (χ3v) is 5.72. The van der Waals surface area contributed by atoms with E-state index in [1.54, 1.807) is 11.5 Å². The standard InChI is InChI=1S/C17H17N3O2S2/c1-3-20-16(22)13-12(11-7-5-4-6-8-11)9-23-15(13)19-17(20)24-10(2)14(18)21/h4-10H,3H2,1-2H3,(H2,18,21)/t10-/m1/s1. The minimum Gasteiger partial charge on any atom is -0.369 e. The summed E-state index contributed by atoms with van der Waals surface area (Å²) in [5, 5.41) is 2.67. The Balaban J connectivity index is 2.19. The third-order valence-electron chi connectivity index (χ3n) is 3.74. The van der Waals surface area contributed by atoms with Gasteiger partial charge in [0.15, 0.2) is 5.16 Å². The molecule has 1 aromatic carbocycles.